The molecule has 152 valence electrons. The average Bonchev–Trinajstić information content (AvgIpc) is 3.22. The molecule has 28 heavy (non-hydrogen) atoms. The lowest BCUT2D eigenvalue weighted by Crippen LogP contribution is -2.56. The largest absolute Gasteiger partial charge is 0.506 e. The average molecular weight is 424 g/mol. The Morgan fingerprint density at radius 1 is 1.11 bits per heavy atom. The van der Waals surface area contributed by atoms with Crippen molar-refractivity contribution in [2.75, 3.05) is 31.1 Å². The molecule has 3 rings (SSSR count). The molecule has 2 heterocycles. The molecule has 0 aliphatic carbocycles. The Morgan fingerprint density at radius 3 is 2.36 bits per heavy atom. The summed E-state index contributed by atoms with van der Waals surface area (Å²) >= 11 is 1.12. The Balaban J connectivity index is 1.67. The molecule has 2 aromatic rings. The van der Waals surface area contributed by atoms with E-state index in [9.17, 15) is 18.3 Å². The molecule has 0 bridgehead atoms. The third-order valence-corrected chi connectivity index (χ3v) is 7.63. The van der Waals surface area contributed by atoms with Crippen molar-refractivity contribution in [2.24, 2.45) is 5.92 Å². The number of piperazine rings is 1. The van der Waals surface area contributed by atoms with Crippen molar-refractivity contribution in [3.8, 4) is 5.75 Å². The number of sulfonamides is 1. The van der Waals surface area contributed by atoms with Crippen LogP contribution in [0.25, 0.3) is 0 Å². The number of carbonyl (C=O) groups is 1. The maximum atomic E-state index is 13.0. The van der Waals surface area contributed by atoms with Crippen molar-refractivity contribution in [3.05, 3.63) is 41.8 Å². The van der Waals surface area contributed by atoms with Crippen LogP contribution in [-0.4, -0.2) is 56.6 Å². The summed E-state index contributed by atoms with van der Waals surface area (Å²) in [6, 6.07) is 9.50. The van der Waals surface area contributed by atoms with Crippen molar-refractivity contribution in [3.63, 3.8) is 0 Å². The van der Waals surface area contributed by atoms with E-state index in [2.05, 4.69) is 4.72 Å². The molecule has 1 aromatic heterocycles. The lowest BCUT2D eigenvalue weighted by molar-refractivity contribution is -0.134. The predicted octanol–water partition coefficient (Wildman–Crippen LogP) is 2.11. The van der Waals surface area contributed by atoms with Gasteiger partial charge in [-0.25, -0.2) is 8.42 Å². The van der Waals surface area contributed by atoms with Crippen molar-refractivity contribution in [1.82, 2.24) is 9.62 Å². The number of phenolic OH excluding ortho intramolecular Hbond substituents is 1. The number of thiophene rings is 1. The van der Waals surface area contributed by atoms with Gasteiger partial charge in [-0.1, -0.05) is 32.0 Å². The number of rotatable bonds is 6. The van der Waals surface area contributed by atoms with E-state index in [-0.39, 0.29) is 21.8 Å². The second-order valence-electron chi connectivity index (χ2n) is 7.08. The maximum Gasteiger partial charge on any atom is 0.250 e. The zero-order chi connectivity index (χ0) is 20.3. The first-order valence-corrected chi connectivity index (χ1v) is 11.5. The fourth-order valence-corrected chi connectivity index (χ4v) is 5.56. The Morgan fingerprint density at radius 2 is 1.79 bits per heavy atom. The molecule has 1 saturated heterocycles. The summed E-state index contributed by atoms with van der Waals surface area (Å²) < 4.78 is 27.9. The van der Waals surface area contributed by atoms with E-state index in [1.165, 1.54) is 6.07 Å². The molecule has 1 aliphatic heterocycles. The summed E-state index contributed by atoms with van der Waals surface area (Å²) in [5.74, 6) is -0.184. The molecule has 7 nitrogen and oxygen atoms in total. The van der Waals surface area contributed by atoms with Gasteiger partial charge in [-0.05, 0) is 29.5 Å². The molecule has 0 radical (unpaired) electrons. The minimum atomic E-state index is -3.73. The molecule has 1 amide bonds. The Labute approximate surface area is 169 Å². The number of hydrogen-bond acceptors (Lipinski definition) is 6. The van der Waals surface area contributed by atoms with Gasteiger partial charge in [0, 0.05) is 26.2 Å². The lowest BCUT2D eigenvalue weighted by atomic mass is 10.0. The molecular weight excluding hydrogens is 398 g/mol. The van der Waals surface area contributed by atoms with Crippen LogP contribution < -0.4 is 9.62 Å². The van der Waals surface area contributed by atoms with Crippen LogP contribution >= 0.6 is 11.3 Å². The summed E-state index contributed by atoms with van der Waals surface area (Å²) in [4.78, 5) is 16.8. The number of hydrogen-bond donors (Lipinski definition) is 2. The lowest BCUT2D eigenvalue weighted by Gasteiger charge is -2.38. The molecule has 0 spiro atoms. The standard InChI is InChI=1S/C19H25N3O4S2/c1-14(2)18(20-28(25,26)17-8-5-13-27-17)19(24)22-11-9-21(10-12-22)15-6-3-4-7-16(15)23/h3-8,13-14,18,20,23H,9-12H2,1-2H3/t18-/m1/s1. The van der Waals surface area contributed by atoms with Crippen LogP contribution in [0.1, 0.15) is 13.8 Å². The van der Waals surface area contributed by atoms with Crippen molar-refractivity contribution in [2.45, 2.75) is 24.1 Å². The number of amides is 1. The Kier molecular flexibility index (Phi) is 6.26. The first-order chi connectivity index (χ1) is 13.3. The van der Waals surface area contributed by atoms with Gasteiger partial charge in [0.1, 0.15) is 16.0 Å². The number of anilines is 1. The second kappa shape index (κ2) is 8.50. The van der Waals surface area contributed by atoms with Gasteiger partial charge in [0.15, 0.2) is 0 Å². The van der Waals surface area contributed by atoms with Gasteiger partial charge >= 0.3 is 0 Å². The third-order valence-electron chi connectivity index (χ3n) is 4.79. The molecule has 9 heteroatoms. The van der Waals surface area contributed by atoms with E-state index < -0.39 is 16.1 Å². The molecule has 2 N–H and O–H groups in total. The van der Waals surface area contributed by atoms with Crippen molar-refractivity contribution in [1.29, 1.82) is 0 Å². The van der Waals surface area contributed by atoms with Crippen LogP contribution in [0.5, 0.6) is 5.75 Å². The minimum Gasteiger partial charge on any atom is -0.506 e. The van der Waals surface area contributed by atoms with Crippen LogP contribution in [0.4, 0.5) is 5.69 Å². The van der Waals surface area contributed by atoms with Crippen LogP contribution in [0.15, 0.2) is 46.0 Å². The molecule has 1 aliphatic rings. The molecule has 1 fully saturated rings. The topological polar surface area (TPSA) is 90.0 Å². The van der Waals surface area contributed by atoms with Crippen molar-refractivity contribution < 1.29 is 18.3 Å². The highest BCUT2D eigenvalue weighted by Gasteiger charge is 2.33. The summed E-state index contributed by atoms with van der Waals surface area (Å²) in [5, 5.41) is 11.7. The van der Waals surface area contributed by atoms with E-state index in [0.29, 0.717) is 26.2 Å². The highest BCUT2D eigenvalue weighted by atomic mass is 32.2. The van der Waals surface area contributed by atoms with Gasteiger partial charge in [-0.15, -0.1) is 11.3 Å². The monoisotopic (exact) mass is 423 g/mol. The van der Waals surface area contributed by atoms with E-state index in [1.807, 2.05) is 30.9 Å². The van der Waals surface area contributed by atoms with Crippen LogP contribution in [0.2, 0.25) is 0 Å². The van der Waals surface area contributed by atoms with Gasteiger partial charge in [-0.3, -0.25) is 4.79 Å². The normalized spacial score (nSPS) is 16.4. The molecule has 1 aromatic carbocycles. The fraction of sp³-hybridized carbons (Fsp3) is 0.421. The first-order valence-electron chi connectivity index (χ1n) is 9.17. The summed E-state index contributed by atoms with van der Waals surface area (Å²) in [6.45, 7) is 5.75. The minimum absolute atomic E-state index is 0.182. The fourth-order valence-electron chi connectivity index (χ4n) is 3.21. The maximum absolute atomic E-state index is 13.0. The SMILES string of the molecule is CC(C)[C@@H](NS(=O)(=O)c1cccs1)C(=O)N1CCN(c2ccccc2O)CC1. The van der Waals surface area contributed by atoms with E-state index >= 15 is 0 Å². The van der Waals surface area contributed by atoms with Crippen molar-refractivity contribution >= 4 is 33.0 Å². The summed E-state index contributed by atoms with van der Waals surface area (Å²) in [6.07, 6.45) is 0. The van der Waals surface area contributed by atoms with Crippen LogP contribution in [0, 0.1) is 5.92 Å². The molecule has 0 unspecified atom stereocenters. The zero-order valence-corrected chi connectivity index (χ0v) is 17.5. The highest BCUT2D eigenvalue weighted by molar-refractivity contribution is 7.91. The number of phenols is 1. The second-order valence-corrected chi connectivity index (χ2v) is 9.96. The molecule has 0 saturated carbocycles. The third kappa shape index (κ3) is 4.48. The first kappa shape index (κ1) is 20.6. The van der Waals surface area contributed by atoms with E-state index in [0.717, 1.165) is 17.0 Å². The number of benzene rings is 1. The Hall–Kier alpha value is -2.10. The number of aromatic hydroxyl groups is 1. The predicted molar refractivity (Wildman–Crippen MR) is 110 cm³/mol. The smallest absolute Gasteiger partial charge is 0.250 e. The summed E-state index contributed by atoms with van der Waals surface area (Å²) in [7, 11) is -3.73. The highest BCUT2D eigenvalue weighted by Crippen LogP contribution is 2.27. The number of nitrogens with one attached hydrogen (secondary N) is 1. The van der Waals surface area contributed by atoms with Gasteiger partial charge in [-0.2, -0.15) is 4.72 Å². The number of carbonyl (C=O) groups excluding carboxylic acids is 1. The molecule has 1 atom stereocenters. The van der Waals surface area contributed by atoms with Crippen LogP contribution in [0.3, 0.4) is 0 Å². The number of nitrogens with zero attached hydrogens (tertiary/aromatic N) is 2. The van der Waals surface area contributed by atoms with E-state index in [1.54, 1.807) is 28.5 Å². The van der Waals surface area contributed by atoms with Gasteiger partial charge in [0.25, 0.3) is 10.0 Å². The zero-order valence-electron chi connectivity index (χ0n) is 15.9. The van der Waals surface area contributed by atoms with E-state index in [4.69, 9.17) is 0 Å². The van der Waals surface area contributed by atoms with Gasteiger partial charge in [0.05, 0.1) is 5.69 Å². The van der Waals surface area contributed by atoms with Gasteiger partial charge in [0.2, 0.25) is 5.91 Å². The van der Waals surface area contributed by atoms with Gasteiger partial charge < -0.3 is 14.9 Å². The Bertz CT molecular complexity index is 905. The summed E-state index contributed by atoms with van der Waals surface area (Å²) in [5.41, 5.74) is 0.744. The molecular formula is C19H25N3O4S2. The number of para-hydroxylation sites is 2. The van der Waals surface area contributed by atoms with Crippen LogP contribution in [-0.2, 0) is 14.8 Å². The quantitative estimate of drug-likeness (QED) is 0.743.